The Morgan fingerprint density at radius 3 is 2.34 bits per heavy atom. The SMILES string of the molecule is CCNC(=NCc1ccc(Cn2ccnc2)cc1)NCc1ccccc1CC.I. The van der Waals surface area contributed by atoms with Gasteiger partial charge in [-0.1, -0.05) is 55.5 Å². The van der Waals surface area contributed by atoms with Crippen LogP contribution in [-0.4, -0.2) is 22.1 Å². The number of nitrogens with zero attached hydrogens (tertiary/aromatic N) is 3. The van der Waals surface area contributed by atoms with Crippen molar-refractivity contribution < 1.29 is 0 Å². The van der Waals surface area contributed by atoms with Crippen LogP contribution in [0.2, 0.25) is 0 Å². The third kappa shape index (κ3) is 7.20. The molecule has 0 amide bonds. The summed E-state index contributed by atoms with van der Waals surface area (Å²) in [5, 5.41) is 6.78. The summed E-state index contributed by atoms with van der Waals surface area (Å²) in [6.07, 6.45) is 6.65. The van der Waals surface area contributed by atoms with Crippen molar-refractivity contribution in [1.29, 1.82) is 0 Å². The molecule has 29 heavy (non-hydrogen) atoms. The Morgan fingerprint density at radius 2 is 1.69 bits per heavy atom. The zero-order valence-electron chi connectivity index (χ0n) is 17.1. The van der Waals surface area contributed by atoms with Crippen LogP contribution in [0.3, 0.4) is 0 Å². The highest BCUT2D eigenvalue weighted by atomic mass is 127. The first-order valence-electron chi connectivity index (χ1n) is 9.91. The van der Waals surface area contributed by atoms with E-state index in [1.54, 1.807) is 6.20 Å². The number of aryl methyl sites for hydroxylation is 1. The summed E-state index contributed by atoms with van der Waals surface area (Å²) < 4.78 is 2.06. The Labute approximate surface area is 190 Å². The molecule has 0 unspecified atom stereocenters. The summed E-state index contributed by atoms with van der Waals surface area (Å²) >= 11 is 0. The van der Waals surface area contributed by atoms with Crippen molar-refractivity contribution in [2.45, 2.75) is 39.9 Å². The quantitative estimate of drug-likeness (QED) is 0.273. The monoisotopic (exact) mass is 503 g/mol. The number of benzene rings is 2. The highest BCUT2D eigenvalue weighted by molar-refractivity contribution is 14.0. The molecule has 2 N–H and O–H groups in total. The molecule has 1 aromatic heterocycles. The van der Waals surface area contributed by atoms with Crippen LogP contribution in [0.25, 0.3) is 0 Å². The average molecular weight is 503 g/mol. The van der Waals surface area contributed by atoms with E-state index >= 15 is 0 Å². The number of halogens is 1. The first kappa shape index (κ1) is 22.9. The van der Waals surface area contributed by atoms with Gasteiger partial charge >= 0.3 is 0 Å². The van der Waals surface area contributed by atoms with Gasteiger partial charge in [-0.05, 0) is 35.6 Å². The van der Waals surface area contributed by atoms with Gasteiger partial charge in [0.15, 0.2) is 5.96 Å². The first-order chi connectivity index (χ1) is 13.8. The van der Waals surface area contributed by atoms with Crippen LogP contribution < -0.4 is 10.6 Å². The summed E-state index contributed by atoms with van der Waals surface area (Å²) in [7, 11) is 0. The van der Waals surface area contributed by atoms with Crippen molar-refractivity contribution >= 4 is 29.9 Å². The maximum Gasteiger partial charge on any atom is 0.191 e. The van der Waals surface area contributed by atoms with Crippen LogP contribution in [-0.2, 0) is 26.1 Å². The molecule has 0 fully saturated rings. The normalized spacial score (nSPS) is 11.0. The summed E-state index contributed by atoms with van der Waals surface area (Å²) in [4.78, 5) is 8.82. The van der Waals surface area contributed by atoms with E-state index in [-0.39, 0.29) is 24.0 Å². The molecule has 0 saturated heterocycles. The summed E-state index contributed by atoms with van der Waals surface area (Å²) in [5.74, 6) is 0.843. The maximum absolute atomic E-state index is 4.74. The van der Waals surface area contributed by atoms with E-state index in [4.69, 9.17) is 4.99 Å². The third-order valence-corrected chi connectivity index (χ3v) is 4.66. The van der Waals surface area contributed by atoms with Crippen LogP contribution in [0.5, 0.6) is 0 Å². The number of hydrogen-bond donors (Lipinski definition) is 2. The fraction of sp³-hybridized carbons (Fsp3) is 0.304. The van der Waals surface area contributed by atoms with Gasteiger partial charge in [-0.25, -0.2) is 9.98 Å². The number of rotatable bonds is 8. The molecule has 0 bridgehead atoms. The zero-order chi connectivity index (χ0) is 19.6. The molecule has 6 heteroatoms. The smallest absolute Gasteiger partial charge is 0.191 e. The van der Waals surface area contributed by atoms with E-state index in [1.165, 1.54) is 22.3 Å². The highest BCUT2D eigenvalue weighted by Gasteiger charge is 2.02. The first-order valence-corrected chi connectivity index (χ1v) is 9.91. The lowest BCUT2D eigenvalue weighted by Crippen LogP contribution is -2.37. The fourth-order valence-electron chi connectivity index (χ4n) is 3.11. The van der Waals surface area contributed by atoms with Gasteiger partial charge in [0.1, 0.15) is 0 Å². The van der Waals surface area contributed by atoms with Gasteiger partial charge in [0.2, 0.25) is 0 Å². The van der Waals surface area contributed by atoms with Crippen molar-refractivity contribution in [2.24, 2.45) is 4.99 Å². The molecule has 0 saturated carbocycles. The second-order valence-corrected chi connectivity index (χ2v) is 6.72. The molecule has 0 atom stereocenters. The number of aromatic nitrogens is 2. The van der Waals surface area contributed by atoms with Crippen LogP contribution in [0.4, 0.5) is 0 Å². The second-order valence-electron chi connectivity index (χ2n) is 6.72. The number of hydrogen-bond acceptors (Lipinski definition) is 2. The van der Waals surface area contributed by atoms with Crippen molar-refractivity contribution in [2.75, 3.05) is 6.54 Å². The molecule has 3 aromatic rings. The molecule has 1 heterocycles. The Hall–Kier alpha value is -2.35. The third-order valence-electron chi connectivity index (χ3n) is 4.66. The fourth-order valence-corrected chi connectivity index (χ4v) is 3.11. The van der Waals surface area contributed by atoms with E-state index < -0.39 is 0 Å². The Kier molecular flexibility index (Phi) is 9.70. The number of guanidine groups is 1. The van der Waals surface area contributed by atoms with Crippen LogP contribution in [0.15, 0.2) is 72.2 Å². The molecular weight excluding hydrogens is 473 g/mol. The molecule has 0 aliphatic heterocycles. The summed E-state index contributed by atoms with van der Waals surface area (Å²) in [5.41, 5.74) is 5.14. The standard InChI is InChI=1S/C23H29N5.HI/c1-3-21-7-5-6-8-22(21)16-27-23(25-4-2)26-15-19-9-11-20(12-10-19)17-28-14-13-24-18-28;/h5-14,18H,3-4,15-17H2,1-2H3,(H2,25,26,27);1H. The zero-order valence-corrected chi connectivity index (χ0v) is 19.5. The Balaban J connectivity index is 0.00000300. The molecular formula is C23H30IN5. The number of aliphatic imine (C=N–C) groups is 1. The molecule has 0 aliphatic carbocycles. The summed E-state index contributed by atoms with van der Waals surface area (Å²) in [6.45, 7) is 7.38. The average Bonchev–Trinajstić information content (AvgIpc) is 3.24. The van der Waals surface area contributed by atoms with Gasteiger partial charge in [-0.2, -0.15) is 0 Å². The van der Waals surface area contributed by atoms with E-state index in [9.17, 15) is 0 Å². The van der Waals surface area contributed by atoms with Crippen molar-refractivity contribution in [1.82, 2.24) is 20.2 Å². The van der Waals surface area contributed by atoms with Crippen molar-refractivity contribution in [3.05, 3.63) is 89.5 Å². The Bertz CT molecular complexity index is 873. The lowest BCUT2D eigenvalue weighted by Gasteiger charge is -2.13. The molecule has 0 aliphatic rings. The molecule has 5 nitrogen and oxygen atoms in total. The lowest BCUT2D eigenvalue weighted by atomic mass is 10.1. The van der Waals surface area contributed by atoms with Crippen LogP contribution in [0.1, 0.15) is 36.1 Å². The topological polar surface area (TPSA) is 54.2 Å². The largest absolute Gasteiger partial charge is 0.357 e. The van der Waals surface area contributed by atoms with Gasteiger partial charge in [0.05, 0.1) is 12.9 Å². The second kappa shape index (κ2) is 12.3. The van der Waals surface area contributed by atoms with Gasteiger partial charge in [0, 0.05) is 32.0 Å². The minimum atomic E-state index is 0. The van der Waals surface area contributed by atoms with E-state index in [2.05, 4.69) is 82.6 Å². The van der Waals surface area contributed by atoms with E-state index in [0.29, 0.717) is 6.54 Å². The van der Waals surface area contributed by atoms with Gasteiger partial charge in [-0.3, -0.25) is 0 Å². The minimum Gasteiger partial charge on any atom is -0.357 e. The molecule has 0 radical (unpaired) electrons. The van der Waals surface area contributed by atoms with Gasteiger partial charge < -0.3 is 15.2 Å². The van der Waals surface area contributed by atoms with E-state index in [1.807, 2.05) is 12.5 Å². The maximum atomic E-state index is 4.74. The van der Waals surface area contributed by atoms with E-state index in [0.717, 1.165) is 32.0 Å². The molecule has 0 spiro atoms. The predicted octanol–water partition coefficient (Wildman–Crippen LogP) is 4.37. The molecule has 3 rings (SSSR count). The molecule has 2 aromatic carbocycles. The number of nitrogens with one attached hydrogen (secondary N) is 2. The lowest BCUT2D eigenvalue weighted by molar-refractivity contribution is 0.795. The van der Waals surface area contributed by atoms with Gasteiger partial charge in [-0.15, -0.1) is 24.0 Å². The minimum absolute atomic E-state index is 0. The van der Waals surface area contributed by atoms with Gasteiger partial charge in [0.25, 0.3) is 0 Å². The predicted molar refractivity (Wildman–Crippen MR) is 131 cm³/mol. The van der Waals surface area contributed by atoms with Crippen molar-refractivity contribution in [3.63, 3.8) is 0 Å². The van der Waals surface area contributed by atoms with Crippen LogP contribution >= 0.6 is 24.0 Å². The summed E-state index contributed by atoms with van der Waals surface area (Å²) in [6, 6.07) is 17.1. The van der Waals surface area contributed by atoms with Crippen LogP contribution in [0, 0.1) is 0 Å². The number of imidazole rings is 1. The van der Waals surface area contributed by atoms with Crippen molar-refractivity contribution in [3.8, 4) is 0 Å². The Morgan fingerprint density at radius 1 is 0.966 bits per heavy atom. The molecule has 154 valence electrons. The highest BCUT2D eigenvalue weighted by Crippen LogP contribution is 2.10.